The van der Waals surface area contributed by atoms with Crippen LogP contribution in [0.5, 0.6) is 0 Å². The first-order valence-corrected chi connectivity index (χ1v) is 6.04. The highest BCUT2D eigenvalue weighted by atomic mass is 16.2. The van der Waals surface area contributed by atoms with Gasteiger partial charge in [-0.05, 0) is 27.1 Å². The molecule has 2 N–H and O–H groups in total. The second kappa shape index (κ2) is 7.24. The van der Waals surface area contributed by atoms with Crippen LogP contribution in [0, 0.1) is 0 Å². The number of hydrogen-bond donors (Lipinski definition) is 2. The van der Waals surface area contributed by atoms with Gasteiger partial charge in [0.25, 0.3) is 0 Å². The van der Waals surface area contributed by atoms with E-state index in [0.29, 0.717) is 19.6 Å². The Hall–Kier alpha value is -1.14. The van der Waals surface area contributed by atoms with Crippen LogP contribution in [0.15, 0.2) is 0 Å². The SMILES string of the molecule is CN(C)CCCNC(=O)C(=O)N1CCNCC1. The second-order valence-corrected chi connectivity index (χ2v) is 4.45. The highest BCUT2D eigenvalue weighted by Crippen LogP contribution is 1.93. The maximum atomic E-state index is 11.7. The molecule has 0 aromatic heterocycles. The van der Waals surface area contributed by atoms with Crippen LogP contribution in [0.4, 0.5) is 0 Å². The average molecular weight is 242 g/mol. The van der Waals surface area contributed by atoms with Gasteiger partial charge >= 0.3 is 11.8 Å². The summed E-state index contributed by atoms with van der Waals surface area (Å²) in [5.74, 6) is -0.887. The number of carbonyl (C=O) groups excluding carboxylic acids is 2. The molecule has 2 amide bonds. The third kappa shape index (κ3) is 5.14. The predicted octanol–water partition coefficient (Wildman–Crippen LogP) is -1.51. The summed E-state index contributed by atoms with van der Waals surface area (Å²) in [6, 6.07) is 0. The predicted molar refractivity (Wildman–Crippen MR) is 65.6 cm³/mol. The number of piperazine rings is 1. The molecule has 0 bridgehead atoms. The molecule has 1 fully saturated rings. The Labute approximate surface area is 102 Å². The maximum absolute atomic E-state index is 11.7. The summed E-state index contributed by atoms with van der Waals surface area (Å²) in [6.07, 6.45) is 0.855. The monoisotopic (exact) mass is 242 g/mol. The molecule has 1 aliphatic heterocycles. The minimum absolute atomic E-state index is 0.406. The van der Waals surface area contributed by atoms with Gasteiger partial charge in [-0.1, -0.05) is 0 Å². The van der Waals surface area contributed by atoms with E-state index in [1.807, 2.05) is 19.0 Å². The van der Waals surface area contributed by atoms with Crippen molar-refractivity contribution < 1.29 is 9.59 Å². The summed E-state index contributed by atoms with van der Waals surface area (Å²) in [6.45, 7) is 4.21. The average Bonchev–Trinajstić information content (AvgIpc) is 2.34. The lowest BCUT2D eigenvalue weighted by atomic mass is 10.3. The second-order valence-electron chi connectivity index (χ2n) is 4.45. The van der Waals surface area contributed by atoms with Gasteiger partial charge < -0.3 is 20.4 Å². The van der Waals surface area contributed by atoms with Crippen molar-refractivity contribution in [2.45, 2.75) is 6.42 Å². The van der Waals surface area contributed by atoms with Crippen molar-refractivity contribution in [3.8, 4) is 0 Å². The number of nitrogens with one attached hydrogen (secondary N) is 2. The van der Waals surface area contributed by atoms with Crippen LogP contribution >= 0.6 is 0 Å². The third-order valence-electron chi connectivity index (χ3n) is 2.67. The molecule has 0 saturated carbocycles. The maximum Gasteiger partial charge on any atom is 0.311 e. The lowest BCUT2D eigenvalue weighted by Gasteiger charge is -2.26. The van der Waals surface area contributed by atoms with Crippen LogP contribution in [0.1, 0.15) is 6.42 Å². The van der Waals surface area contributed by atoms with Crippen LogP contribution < -0.4 is 10.6 Å². The van der Waals surface area contributed by atoms with E-state index < -0.39 is 11.8 Å². The van der Waals surface area contributed by atoms with Crippen molar-refractivity contribution in [1.29, 1.82) is 0 Å². The smallest absolute Gasteiger partial charge is 0.311 e. The van der Waals surface area contributed by atoms with Crippen LogP contribution in [-0.4, -0.2) is 75.0 Å². The summed E-state index contributed by atoms with van der Waals surface area (Å²) >= 11 is 0. The lowest BCUT2D eigenvalue weighted by molar-refractivity contribution is -0.146. The van der Waals surface area contributed by atoms with Gasteiger partial charge in [0.1, 0.15) is 0 Å². The number of rotatable bonds is 4. The van der Waals surface area contributed by atoms with Gasteiger partial charge in [0.15, 0.2) is 0 Å². The first-order valence-electron chi connectivity index (χ1n) is 6.04. The molecule has 1 heterocycles. The third-order valence-corrected chi connectivity index (χ3v) is 2.67. The Kier molecular flexibility index (Phi) is 5.93. The van der Waals surface area contributed by atoms with Gasteiger partial charge in [-0.3, -0.25) is 9.59 Å². The molecule has 0 unspecified atom stereocenters. The van der Waals surface area contributed by atoms with E-state index in [0.717, 1.165) is 26.1 Å². The van der Waals surface area contributed by atoms with Gasteiger partial charge in [0, 0.05) is 32.7 Å². The zero-order valence-electron chi connectivity index (χ0n) is 10.7. The van der Waals surface area contributed by atoms with Crippen molar-refractivity contribution in [3.05, 3.63) is 0 Å². The molecule has 0 radical (unpaired) electrons. The topological polar surface area (TPSA) is 64.7 Å². The molecule has 0 aromatic carbocycles. The molecule has 6 heteroatoms. The van der Waals surface area contributed by atoms with E-state index in [1.165, 1.54) is 0 Å². The Morgan fingerprint density at radius 1 is 1.29 bits per heavy atom. The van der Waals surface area contributed by atoms with Gasteiger partial charge in [0.2, 0.25) is 0 Å². The van der Waals surface area contributed by atoms with Crippen LogP contribution in [0.25, 0.3) is 0 Å². The first-order chi connectivity index (χ1) is 8.11. The van der Waals surface area contributed by atoms with Gasteiger partial charge in [-0.2, -0.15) is 0 Å². The minimum atomic E-state index is -0.481. The fourth-order valence-electron chi connectivity index (χ4n) is 1.68. The molecule has 1 saturated heterocycles. The molecule has 6 nitrogen and oxygen atoms in total. The number of amides is 2. The van der Waals surface area contributed by atoms with Crippen LogP contribution in [0.2, 0.25) is 0 Å². The fraction of sp³-hybridized carbons (Fsp3) is 0.818. The molecule has 1 rings (SSSR count). The Bertz CT molecular complexity index is 262. The summed E-state index contributed by atoms with van der Waals surface area (Å²) < 4.78 is 0. The lowest BCUT2D eigenvalue weighted by Crippen LogP contribution is -2.51. The fourth-order valence-corrected chi connectivity index (χ4v) is 1.68. The number of nitrogens with zero attached hydrogens (tertiary/aromatic N) is 2. The van der Waals surface area contributed by atoms with Gasteiger partial charge in [0.05, 0.1) is 0 Å². The Morgan fingerprint density at radius 3 is 2.53 bits per heavy atom. The molecular weight excluding hydrogens is 220 g/mol. The number of carbonyl (C=O) groups is 2. The standard InChI is InChI=1S/C11H22N4O2/c1-14(2)7-3-4-13-10(16)11(17)15-8-5-12-6-9-15/h12H,3-9H2,1-2H3,(H,13,16). The zero-order valence-corrected chi connectivity index (χ0v) is 10.7. The van der Waals surface area contributed by atoms with Gasteiger partial charge in [-0.15, -0.1) is 0 Å². The molecule has 1 aliphatic rings. The molecule has 98 valence electrons. The van der Waals surface area contributed by atoms with Crippen molar-refractivity contribution in [2.75, 3.05) is 53.4 Å². The number of hydrogen-bond acceptors (Lipinski definition) is 4. The van der Waals surface area contributed by atoms with Crippen LogP contribution in [-0.2, 0) is 9.59 Å². The minimum Gasteiger partial charge on any atom is -0.348 e. The highest BCUT2D eigenvalue weighted by molar-refractivity contribution is 6.35. The highest BCUT2D eigenvalue weighted by Gasteiger charge is 2.22. The van der Waals surface area contributed by atoms with E-state index in [2.05, 4.69) is 10.6 Å². The summed E-state index contributed by atoms with van der Waals surface area (Å²) in [7, 11) is 3.96. The van der Waals surface area contributed by atoms with Crippen molar-refractivity contribution in [1.82, 2.24) is 20.4 Å². The van der Waals surface area contributed by atoms with Gasteiger partial charge in [-0.25, -0.2) is 0 Å². The molecule has 17 heavy (non-hydrogen) atoms. The van der Waals surface area contributed by atoms with E-state index in [4.69, 9.17) is 0 Å². The van der Waals surface area contributed by atoms with Crippen molar-refractivity contribution >= 4 is 11.8 Å². The quantitative estimate of drug-likeness (QED) is 0.464. The summed E-state index contributed by atoms with van der Waals surface area (Å²) in [5, 5.41) is 5.80. The first kappa shape index (κ1) is 13.9. The van der Waals surface area contributed by atoms with E-state index in [1.54, 1.807) is 4.90 Å². The van der Waals surface area contributed by atoms with E-state index in [-0.39, 0.29) is 0 Å². The Morgan fingerprint density at radius 2 is 1.94 bits per heavy atom. The van der Waals surface area contributed by atoms with Crippen molar-refractivity contribution in [3.63, 3.8) is 0 Å². The molecule has 0 aromatic rings. The molecule has 0 atom stereocenters. The largest absolute Gasteiger partial charge is 0.348 e. The Balaban J connectivity index is 2.19. The summed E-state index contributed by atoms with van der Waals surface area (Å²) in [5.41, 5.74) is 0. The summed E-state index contributed by atoms with van der Waals surface area (Å²) in [4.78, 5) is 26.9. The zero-order chi connectivity index (χ0) is 12.7. The normalized spacial score (nSPS) is 16.1. The van der Waals surface area contributed by atoms with Crippen molar-refractivity contribution in [2.24, 2.45) is 0 Å². The van der Waals surface area contributed by atoms with Crippen LogP contribution in [0.3, 0.4) is 0 Å². The van der Waals surface area contributed by atoms with E-state index in [9.17, 15) is 9.59 Å². The molecule has 0 spiro atoms. The molecule has 0 aliphatic carbocycles. The molecular formula is C11H22N4O2. The van der Waals surface area contributed by atoms with E-state index >= 15 is 0 Å².